The molecule has 0 aliphatic carbocycles. The topological polar surface area (TPSA) is 79.3 Å². The van der Waals surface area contributed by atoms with E-state index in [-0.39, 0.29) is 5.56 Å². The highest BCUT2D eigenvalue weighted by atomic mass is 16.5. The van der Waals surface area contributed by atoms with Gasteiger partial charge in [0.1, 0.15) is 0 Å². The van der Waals surface area contributed by atoms with E-state index in [9.17, 15) is 4.79 Å². The number of hydrogen-bond donors (Lipinski definition) is 1. The Bertz CT molecular complexity index is 1150. The number of nitrogens with zero attached hydrogens (tertiary/aromatic N) is 5. The van der Waals surface area contributed by atoms with Gasteiger partial charge < -0.3 is 9.64 Å². The maximum atomic E-state index is 12.7. The van der Waals surface area contributed by atoms with E-state index >= 15 is 0 Å². The fraction of sp³-hybridized carbons (Fsp3) is 0.458. The zero-order chi connectivity index (χ0) is 22.1. The normalized spacial score (nSPS) is 16.9. The standard InChI is InChI=1S/C24H30N6O2/c1-17-21(18(2)30(27-17)14-19-6-4-3-5-7-19)15-28-9-8-20-22(16-28)25-24(26-23(20)31)29-10-12-32-13-11-29/h3-7H,8-16H2,1-2H3,(H,25,26,31). The second-order valence-electron chi connectivity index (χ2n) is 8.67. The summed E-state index contributed by atoms with van der Waals surface area (Å²) >= 11 is 0. The number of aromatic amines is 1. The van der Waals surface area contributed by atoms with Gasteiger partial charge in [-0.25, -0.2) is 4.98 Å². The summed E-state index contributed by atoms with van der Waals surface area (Å²) in [4.78, 5) is 25.0. The van der Waals surface area contributed by atoms with Crippen LogP contribution in [0.5, 0.6) is 0 Å². The molecule has 32 heavy (non-hydrogen) atoms. The summed E-state index contributed by atoms with van der Waals surface area (Å²) in [6.07, 6.45) is 0.720. The van der Waals surface area contributed by atoms with Gasteiger partial charge in [-0.3, -0.25) is 19.4 Å². The Kier molecular flexibility index (Phi) is 5.80. The lowest BCUT2D eigenvalue weighted by molar-refractivity contribution is 0.122. The number of morpholine rings is 1. The molecule has 5 rings (SSSR count). The van der Waals surface area contributed by atoms with Gasteiger partial charge in [-0.1, -0.05) is 30.3 Å². The average Bonchev–Trinajstić information content (AvgIpc) is 3.07. The molecule has 1 aromatic carbocycles. The van der Waals surface area contributed by atoms with Crippen LogP contribution >= 0.6 is 0 Å². The number of aryl methyl sites for hydroxylation is 1. The fourth-order valence-corrected chi connectivity index (χ4v) is 4.64. The Morgan fingerprint density at radius 3 is 2.62 bits per heavy atom. The minimum Gasteiger partial charge on any atom is -0.378 e. The predicted octanol–water partition coefficient (Wildman–Crippen LogP) is 2.03. The molecule has 2 aromatic heterocycles. The summed E-state index contributed by atoms with van der Waals surface area (Å²) in [5.74, 6) is 0.668. The number of rotatable bonds is 5. The van der Waals surface area contributed by atoms with Crippen LogP contribution in [0.4, 0.5) is 5.95 Å². The first kappa shape index (κ1) is 20.9. The van der Waals surface area contributed by atoms with Crippen molar-refractivity contribution in [3.8, 4) is 0 Å². The van der Waals surface area contributed by atoms with E-state index in [4.69, 9.17) is 14.8 Å². The molecule has 1 N–H and O–H groups in total. The van der Waals surface area contributed by atoms with Crippen molar-refractivity contribution in [2.75, 3.05) is 37.7 Å². The number of nitrogens with one attached hydrogen (secondary N) is 1. The summed E-state index contributed by atoms with van der Waals surface area (Å²) in [5.41, 5.74) is 6.50. The zero-order valence-corrected chi connectivity index (χ0v) is 18.8. The maximum Gasteiger partial charge on any atom is 0.255 e. The van der Waals surface area contributed by atoms with Gasteiger partial charge in [-0.2, -0.15) is 5.10 Å². The second-order valence-corrected chi connectivity index (χ2v) is 8.67. The lowest BCUT2D eigenvalue weighted by Crippen LogP contribution is -2.40. The summed E-state index contributed by atoms with van der Waals surface area (Å²) in [7, 11) is 0. The van der Waals surface area contributed by atoms with Crippen LogP contribution in [-0.4, -0.2) is 57.5 Å². The summed E-state index contributed by atoms with van der Waals surface area (Å²) < 4.78 is 7.53. The number of hydrogen-bond acceptors (Lipinski definition) is 6. The van der Waals surface area contributed by atoms with E-state index in [1.807, 2.05) is 6.07 Å². The van der Waals surface area contributed by atoms with Gasteiger partial charge in [0, 0.05) is 49.5 Å². The van der Waals surface area contributed by atoms with Crippen molar-refractivity contribution in [1.82, 2.24) is 24.6 Å². The quantitative estimate of drug-likeness (QED) is 0.662. The highest BCUT2D eigenvalue weighted by Crippen LogP contribution is 2.22. The molecule has 0 radical (unpaired) electrons. The fourth-order valence-electron chi connectivity index (χ4n) is 4.64. The van der Waals surface area contributed by atoms with E-state index in [1.54, 1.807) is 0 Å². The second kappa shape index (κ2) is 8.88. The van der Waals surface area contributed by atoms with Crippen LogP contribution in [0.25, 0.3) is 0 Å². The zero-order valence-electron chi connectivity index (χ0n) is 18.8. The van der Waals surface area contributed by atoms with Crippen molar-refractivity contribution in [2.45, 2.75) is 39.9 Å². The first-order valence-corrected chi connectivity index (χ1v) is 11.3. The molecule has 0 spiro atoms. The third-order valence-corrected chi connectivity index (χ3v) is 6.54. The predicted molar refractivity (Wildman–Crippen MR) is 123 cm³/mol. The first-order valence-electron chi connectivity index (χ1n) is 11.3. The van der Waals surface area contributed by atoms with E-state index < -0.39 is 0 Å². The molecule has 8 nitrogen and oxygen atoms in total. The Balaban J connectivity index is 1.34. The Labute approximate surface area is 187 Å². The van der Waals surface area contributed by atoms with Crippen LogP contribution in [0.15, 0.2) is 35.1 Å². The lowest BCUT2D eigenvalue weighted by atomic mass is 10.1. The Hall–Kier alpha value is -2.97. The molecule has 0 atom stereocenters. The summed E-state index contributed by atoms with van der Waals surface area (Å²) in [6, 6.07) is 10.4. The van der Waals surface area contributed by atoms with Crippen molar-refractivity contribution >= 4 is 5.95 Å². The molecule has 0 unspecified atom stereocenters. The molecular weight excluding hydrogens is 404 g/mol. The van der Waals surface area contributed by atoms with E-state index in [0.717, 1.165) is 56.1 Å². The average molecular weight is 435 g/mol. The van der Waals surface area contributed by atoms with E-state index in [1.165, 1.54) is 16.8 Å². The number of ether oxygens (including phenoxy) is 1. The lowest BCUT2D eigenvalue weighted by Gasteiger charge is -2.31. The van der Waals surface area contributed by atoms with Crippen LogP contribution in [0.1, 0.15) is 33.8 Å². The van der Waals surface area contributed by atoms with Gasteiger partial charge >= 0.3 is 0 Å². The first-order chi connectivity index (χ1) is 15.6. The molecule has 0 bridgehead atoms. The minimum atomic E-state index is -0.000756. The van der Waals surface area contributed by atoms with Crippen molar-refractivity contribution < 1.29 is 4.74 Å². The molecule has 2 aliphatic rings. The van der Waals surface area contributed by atoms with Crippen molar-refractivity contribution in [3.05, 3.63) is 74.5 Å². The SMILES string of the molecule is Cc1nn(Cc2ccccc2)c(C)c1CN1CCc2c(nc(N3CCOCC3)[nH]c2=O)C1. The van der Waals surface area contributed by atoms with Gasteiger partial charge in [0.2, 0.25) is 5.95 Å². The third-order valence-electron chi connectivity index (χ3n) is 6.54. The van der Waals surface area contributed by atoms with Crippen LogP contribution in [0.3, 0.4) is 0 Å². The molecule has 1 fully saturated rings. The highest BCUT2D eigenvalue weighted by Gasteiger charge is 2.25. The summed E-state index contributed by atoms with van der Waals surface area (Å²) in [6.45, 7) is 10.2. The van der Waals surface area contributed by atoms with Crippen LogP contribution in [0, 0.1) is 13.8 Å². The molecule has 168 valence electrons. The molecule has 4 heterocycles. The van der Waals surface area contributed by atoms with Gasteiger partial charge in [-0.05, 0) is 25.8 Å². The molecule has 8 heteroatoms. The molecular formula is C24H30N6O2. The minimum absolute atomic E-state index is 0.000756. The monoisotopic (exact) mass is 434 g/mol. The molecule has 2 aliphatic heterocycles. The Morgan fingerprint density at radius 2 is 1.84 bits per heavy atom. The highest BCUT2D eigenvalue weighted by molar-refractivity contribution is 5.35. The van der Waals surface area contributed by atoms with Gasteiger partial charge in [0.15, 0.2) is 0 Å². The molecule has 0 saturated carbocycles. The Morgan fingerprint density at radius 1 is 1.06 bits per heavy atom. The van der Waals surface area contributed by atoms with E-state index in [0.29, 0.717) is 25.7 Å². The number of aromatic nitrogens is 4. The molecule has 3 aromatic rings. The van der Waals surface area contributed by atoms with E-state index in [2.05, 4.69) is 57.6 Å². The smallest absolute Gasteiger partial charge is 0.255 e. The molecule has 1 saturated heterocycles. The number of benzene rings is 1. The van der Waals surface area contributed by atoms with Crippen molar-refractivity contribution in [1.29, 1.82) is 0 Å². The van der Waals surface area contributed by atoms with Gasteiger partial charge in [0.25, 0.3) is 5.56 Å². The maximum absolute atomic E-state index is 12.7. The number of H-pyrrole nitrogens is 1. The van der Waals surface area contributed by atoms with Crippen LogP contribution < -0.4 is 10.5 Å². The van der Waals surface area contributed by atoms with Crippen molar-refractivity contribution in [3.63, 3.8) is 0 Å². The molecule has 0 amide bonds. The van der Waals surface area contributed by atoms with Crippen LogP contribution in [0.2, 0.25) is 0 Å². The summed E-state index contributed by atoms with van der Waals surface area (Å²) in [5, 5.41) is 4.81. The van der Waals surface area contributed by atoms with Gasteiger partial charge in [0.05, 0.1) is 31.1 Å². The largest absolute Gasteiger partial charge is 0.378 e. The number of fused-ring (bicyclic) bond motifs is 1. The number of anilines is 1. The van der Waals surface area contributed by atoms with Gasteiger partial charge in [-0.15, -0.1) is 0 Å². The van der Waals surface area contributed by atoms with Crippen LogP contribution in [-0.2, 0) is 30.8 Å². The van der Waals surface area contributed by atoms with Crippen molar-refractivity contribution in [2.24, 2.45) is 0 Å². The third kappa shape index (κ3) is 4.20.